The predicted octanol–water partition coefficient (Wildman–Crippen LogP) is 3.18. The minimum Gasteiger partial charge on any atom is -0.323 e. The van der Waals surface area contributed by atoms with Crippen LogP contribution in [-0.4, -0.2) is 5.91 Å². The molecule has 0 radical (unpaired) electrons. The molecule has 1 aliphatic rings. The Bertz CT molecular complexity index is 599. The second-order valence-corrected chi connectivity index (χ2v) is 4.84. The fourth-order valence-electron chi connectivity index (χ4n) is 2.54. The summed E-state index contributed by atoms with van der Waals surface area (Å²) in [5.74, 6) is -0.607. The Balaban J connectivity index is 1.72. The first-order chi connectivity index (χ1) is 9.24. The number of carbonyl (C=O) groups excluding carboxylic acids is 1. The van der Waals surface area contributed by atoms with Gasteiger partial charge in [-0.15, -0.1) is 0 Å². The van der Waals surface area contributed by atoms with Gasteiger partial charge in [0.2, 0.25) is 5.91 Å². The number of para-hydroxylation sites is 1. The summed E-state index contributed by atoms with van der Waals surface area (Å²) in [6, 6.07) is 14.3. The molecular formula is C16H14FNO. The Morgan fingerprint density at radius 2 is 1.58 bits per heavy atom. The molecule has 0 unspecified atom stereocenters. The van der Waals surface area contributed by atoms with Crippen LogP contribution in [0.25, 0.3) is 0 Å². The molecule has 0 aliphatic heterocycles. The Morgan fingerprint density at radius 1 is 1.00 bits per heavy atom. The van der Waals surface area contributed by atoms with Crippen LogP contribution in [0.5, 0.6) is 0 Å². The number of hydrogen-bond donors (Lipinski definition) is 1. The van der Waals surface area contributed by atoms with Crippen LogP contribution in [0.1, 0.15) is 11.1 Å². The summed E-state index contributed by atoms with van der Waals surface area (Å²) in [6.07, 6.45) is 1.47. The Labute approximate surface area is 111 Å². The van der Waals surface area contributed by atoms with Crippen molar-refractivity contribution in [1.29, 1.82) is 0 Å². The van der Waals surface area contributed by atoms with Crippen molar-refractivity contribution in [3.8, 4) is 0 Å². The van der Waals surface area contributed by atoms with Gasteiger partial charge in [0.1, 0.15) is 5.82 Å². The van der Waals surface area contributed by atoms with Crippen LogP contribution >= 0.6 is 0 Å². The van der Waals surface area contributed by atoms with Crippen molar-refractivity contribution in [1.82, 2.24) is 0 Å². The number of amides is 1. The maximum Gasteiger partial charge on any atom is 0.228 e. The lowest BCUT2D eigenvalue weighted by Gasteiger charge is -2.10. The molecule has 1 amide bonds. The van der Waals surface area contributed by atoms with Crippen LogP contribution in [0, 0.1) is 11.7 Å². The van der Waals surface area contributed by atoms with E-state index < -0.39 is 5.82 Å². The van der Waals surface area contributed by atoms with E-state index in [0.717, 1.165) is 12.8 Å². The van der Waals surface area contributed by atoms with Gasteiger partial charge in [-0.1, -0.05) is 36.4 Å². The van der Waals surface area contributed by atoms with E-state index in [2.05, 4.69) is 5.32 Å². The lowest BCUT2D eigenvalue weighted by molar-refractivity contribution is -0.119. The maximum absolute atomic E-state index is 13.5. The number of anilines is 1. The van der Waals surface area contributed by atoms with E-state index >= 15 is 0 Å². The Kier molecular flexibility index (Phi) is 3.03. The standard InChI is InChI=1S/C16H14FNO/c17-14-7-3-4-8-15(14)18-16(19)13-9-11-5-1-2-6-12(11)10-13/h1-8,13H,9-10H2,(H,18,19). The molecule has 3 heteroatoms. The average Bonchev–Trinajstić information content (AvgIpc) is 2.85. The fraction of sp³-hybridized carbons (Fsp3) is 0.188. The van der Waals surface area contributed by atoms with Crippen LogP contribution in [0.3, 0.4) is 0 Å². The number of halogens is 1. The van der Waals surface area contributed by atoms with Crippen molar-refractivity contribution in [2.75, 3.05) is 5.32 Å². The van der Waals surface area contributed by atoms with Crippen LogP contribution in [-0.2, 0) is 17.6 Å². The molecule has 0 heterocycles. The topological polar surface area (TPSA) is 29.1 Å². The van der Waals surface area contributed by atoms with Gasteiger partial charge < -0.3 is 5.32 Å². The predicted molar refractivity (Wildman–Crippen MR) is 72.4 cm³/mol. The first kappa shape index (κ1) is 11.9. The average molecular weight is 255 g/mol. The number of benzene rings is 2. The highest BCUT2D eigenvalue weighted by molar-refractivity contribution is 5.93. The normalized spacial score (nSPS) is 14.2. The third kappa shape index (κ3) is 2.36. The van der Waals surface area contributed by atoms with Gasteiger partial charge in [-0.3, -0.25) is 4.79 Å². The molecule has 0 atom stereocenters. The number of nitrogens with one attached hydrogen (secondary N) is 1. The van der Waals surface area contributed by atoms with Crippen molar-refractivity contribution in [2.45, 2.75) is 12.8 Å². The molecule has 0 saturated heterocycles. The van der Waals surface area contributed by atoms with Crippen LogP contribution < -0.4 is 5.32 Å². The summed E-state index contributed by atoms with van der Waals surface area (Å²) in [6.45, 7) is 0. The zero-order valence-electron chi connectivity index (χ0n) is 10.4. The third-order valence-electron chi connectivity index (χ3n) is 3.55. The van der Waals surface area contributed by atoms with E-state index in [1.165, 1.54) is 17.2 Å². The molecular weight excluding hydrogens is 241 g/mol. The molecule has 0 spiro atoms. The summed E-state index contributed by atoms with van der Waals surface area (Å²) in [5.41, 5.74) is 2.69. The highest BCUT2D eigenvalue weighted by Crippen LogP contribution is 2.27. The van der Waals surface area contributed by atoms with Gasteiger partial charge in [-0.25, -0.2) is 4.39 Å². The van der Waals surface area contributed by atoms with E-state index in [1.54, 1.807) is 18.2 Å². The van der Waals surface area contributed by atoms with Gasteiger partial charge in [0, 0.05) is 5.92 Å². The first-order valence-electron chi connectivity index (χ1n) is 6.36. The SMILES string of the molecule is O=C(Nc1ccccc1F)C1Cc2ccccc2C1. The Morgan fingerprint density at radius 3 is 2.21 bits per heavy atom. The van der Waals surface area contributed by atoms with Crippen molar-refractivity contribution in [2.24, 2.45) is 5.92 Å². The van der Waals surface area contributed by atoms with Gasteiger partial charge in [0.05, 0.1) is 5.69 Å². The molecule has 1 N–H and O–H groups in total. The van der Waals surface area contributed by atoms with Crippen molar-refractivity contribution >= 4 is 11.6 Å². The summed E-state index contributed by atoms with van der Waals surface area (Å²) < 4.78 is 13.5. The molecule has 3 rings (SSSR count). The molecule has 0 bridgehead atoms. The molecule has 19 heavy (non-hydrogen) atoms. The molecule has 0 saturated carbocycles. The largest absolute Gasteiger partial charge is 0.323 e. The van der Waals surface area contributed by atoms with E-state index in [4.69, 9.17) is 0 Å². The van der Waals surface area contributed by atoms with Gasteiger partial charge in [-0.05, 0) is 36.1 Å². The summed E-state index contributed by atoms with van der Waals surface area (Å²) in [7, 11) is 0. The zero-order valence-corrected chi connectivity index (χ0v) is 10.4. The molecule has 2 nitrogen and oxygen atoms in total. The van der Waals surface area contributed by atoms with Crippen molar-refractivity contribution < 1.29 is 9.18 Å². The summed E-state index contributed by atoms with van der Waals surface area (Å²) >= 11 is 0. The van der Waals surface area contributed by atoms with Crippen LogP contribution in [0.2, 0.25) is 0 Å². The van der Waals surface area contributed by atoms with E-state index in [9.17, 15) is 9.18 Å². The number of carbonyl (C=O) groups is 1. The number of fused-ring (bicyclic) bond motifs is 1. The Hall–Kier alpha value is -2.16. The lowest BCUT2D eigenvalue weighted by atomic mass is 10.1. The molecule has 2 aromatic rings. The first-order valence-corrected chi connectivity index (χ1v) is 6.36. The lowest BCUT2D eigenvalue weighted by Crippen LogP contribution is -2.23. The van der Waals surface area contributed by atoms with Crippen LogP contribution in [0.4, 0.5) is 10.1 Å². The molecule has 1 aliphatic carbocycles. The minimum absolute atomic E-state index is 0.1000. The quantitative estimate of drug-likeness (QED) is 0.877. The summed E-state index contributed by atoms with van der Waals surface area (Å²) in [4.78, 5) is 12.2. The van der Waals surface area contributed by atoms with Gasteiger partial charge in [-0.2, -0.15) is 0 Å². The van der Waals surface area contributed by atoms with Crippen LogP contribution in [0.15, 0.2) is 48.5 Å². The van der Waals surface area contributed by atoms with Gasteiger partial charge in [0.25, 0.3) is 0 Å². The second kappa shape index (κ2) is 4.84. The zero-order chi connectivity index (χ0) is 13.2. The van der Waals surface area contributed by atoms with Gasteiger partial charge in [0.15, 0.2) is 0 Å². The monoisotopic (exact) mass is 255 g/mol. The van der Waals surface area contributed by atoms with E-state index in [-0.39, 0.29) is 17.5 Å². The summed E-state index contributed by atoms with van der Waals surface area (Å²) in [5, 5.41) is 2.67. The fourth-order valence-corrected chi connectivity index (χ4v) is 2.54. The van der Waals surface area contributed by atoms with E-state index in [1.807, 2.05) is 24.3 Å². The highest BCUT2D eigenvalue weighted by Gasteiger charge is 2.27. The maximum atomic E-state index is 13.5. The molecule has 0 aromatic heterocycles. The third-order valence-corrected chi connectivity index (χ3v) is 3.55. The highest BCUT2D eigenvalue weighted by atomic mass is 19.1. The number of rotatable bonds is 2. The number of hydrogen-bond acceptors (Lipinski definition) is 1. The minimum atomic E-state index is -0.397. The molecule has 2 aromatic carbocycles. The molecule has 0 fully saturated rings. The molecule has 96 valence electrons. The second-order valence-electron chi connectivity index (χ2n) is 4.84. The smallest absolute Gasteiger partial charge is 0.228 e. The van der Waals surface area contributed by atoms with Gasteiger partial charge >= 0.3 is 0 Å². The van der Waals surface area contributed by atoms with Crippen molar-refractivity contribution in [3.05, 3.63) is 65.5 Å². The van der Waals surface area contributed by atoms with Crippen molar-refractivity contribution in [3.63, 3.8) is 0 Å². The van der Waals surface area contributed by atoms with E-state index in [0.29, 0.717) is 0 Å².